The van der Waals surface area contributed by atoms with E-state index in [0.717, 1.165) is 5.56 Å². The van der Waals surface area contributed by atoms with Crippen LogP contribution in [0.2, 0.25) is 5.02 Å². The molecule has 5 nitrogen and oxygen atoms in total. The van der Waals surface area contributed by atoms with Crippen LogP contribution in [0, 0.1) is 6.92 Å². The zero-order chi connectivity index (χ0) is 17.5. The fourth-order valence-corrected chi connectivity index (χ4v) is 2.27. The number of benzene rings is 2. The van der Waals surface area contributed by atoms with Crippen LogP contribution in [0.3, 0.4) is 0 Å². The van der Waals surface area contributed by atoms with Gasteiger partial charge in [-0.05, 0) is 49.7 Å². The third kappa shape index (κ3) is 4.99. The second-order valence-corrected chi connectivity index (χ2v) is 5.71. The fraction of sp³-hybridized carbons (Fsp3) is 0.222. The number of aryl methyl sites for hydroxylation is 1. The van der Waals surface area contributed by atoms with Crippen LogP contribution in [0.15, 0.2) is 42.5 Å². The van der Waals surface area contributed by atoms with Gasteiger partial charge in [-0.3, -0.25) is 9.59 Å². The largest absolute Gasteiger partial charge is 0.376 e. The normalized spacial score (nSPS) is 10.1. The van der Waals surface area contributed by atoms with E-state index in [0.29, 0.717) is 28.5 Å². The number of amides is 2. The minimum atomic E-state index is -0.196. The van der Waals surface area contributed by atoms with E-state index in [9.17, 15) is 9.59 Å². The molecule has 3 N–H and O–H groups in total. The highest BCUT2D eigenvalue weighted by molar-refractivity contribution is 6.31. The summed E-state index contributed by atoms with van der Waals surface area (Å²) in [4.78, 5) is 23.8. The lowest BCUT2D eigenvalue weighted by Crippen LogP contribution is -2.23. The number of halogens is 1. The summed E-state index contributed by atoms with van der Waals surface area (Å²) in [6.07, 6.45) is 0. The van der Waals surface area contributed by atoms with Crippen molar-refractivity contribution >= 4 is 34.8 Å². The number of carbonyl (C=O) groups excluding carboxylic acids is 2. The quantitative estimate of drug-likeness (QED) is 0.751. The van der Waals surface area contributed by atoms with E-state index in [4.69, 9.17) is 11.6 Å². The van der Waals surface area contributed by atoms with Gasteiger partial charge in [0.05, 0.1) is 6.54 Å². The van der Waals surface area contributed by atoms with Gasteiger partial charge >= 0.3 is 0 Å². The highest BCUT2D eigenvalue weighted by Gasteiger charge is 2.07. The number of anilines is 2. The molecule has 2 rings (SSSR count). The van der Waals surface area contributed by atoms with Gasteiger partial charge < -0.3 is 16.0 Å². The van der Waals surface area contributed by atoms with E-state index in [1.54, 1.807) is 36.4 Å². The maximum Gasteiger partial charge on any atom is 0.251 e. The van der Waals surface area contributed by atoms with Crippen LogP contribution in [0.1, 0.15) is 22.8 Å². The number of nitrogens with one attached hydrogen (secondary N) is 3. The van der Waals surface area contributed by atoms with Crippen molar-refractivity contribution in [1.82, 2.24) is 5.32 Å². The minimum Gasteiger partial charge on any atom is -0.376 e. The molecule has 0 bridgehead atoms. The van der Waals surface area contributed by atoms with Crippen LogP contribution < -0.4 is 16.0 Å². The summed E-state index contributed by atoms with van der Waals surface area (Å²) in [6.45, 7) is 4.42. The van der Waals surface area contributed by atoms with E-state index in [2.05, 4.69) is 16.0 Å². The van der Waals surface area contributed by atoms with Crippen LogP contribution in [0.5, 0.6) is 0 Å². The van der Waals surface area contributed by atoms with Crippen molar-refractivity contribution in [3.8, 4) is 0 Å². The van der Waals surface area contributed by atoms with Crippen molar-refractivity contribution in [2.75, 3.05) is 23.7 Å². The highest BCUT2D eigenvalue weighted by atomic mass is 35.5. The van der Waals surface area contributed by atoms with E-state index in [1.807, 2.05) is 19.9 Å². The Bertz CT molecular complexity index is 747. The fourth-order valence-electron chi connectivity index (χ4n) is 2.09. The summed E-state index contributed by atoms with van der Waals surface area (Å²) < 4.78 is 0. The Morgan fingerprint density at radius 1 is 1.08 bits per heavy atom. The first-order chi connectivity index (χ1) is 11.5. The molecule has 0 spiro atoms. The maximum absolute atomic E-state index is 12.0. The summed E-state index contributed by atoms with van der Waals surface area (Å²) in [7, 11) is 0. The lowest BCUT2D eigenvalue weighted by molar-refractivity contribution is -0.114. The van der Waals surface area contributed by atoms with Crippen LogP contribution in [-0.2, 0) is 4.79 Å². The third-order valence-corrected chi connectivity index (χ3v) is 3.78. The Balaban J connectivity index is 1.92. The maximum atomic E-state index is 12.0. The molecular formula is C18H20ClN3O2. The SMILES string of the molecule is CCNC(=O)c1cccc(NCC(=O)Nc2ccc(C)c(Cl)c2)c1. The average molecular weight is 346 g/mol. The van der Waals surface area contributed by atoms with Crippen molar-refractivity contribution in [2.24, 2.45) is 0 Å². The van der Waals surface area contributed by atoms with Crippen molar-refractivity contribution in [1.29, 1.82) is 0 Å². The van der Waals surface area contributed by atoms with Gasteiger partial charge in [0.15, 0.2) is 0 Å². The molecule has 0 radical (unpaired) electrons. The van der Waals surface area contributed by atoms with Crippen LogP contribution in [0.4, 0.5) is 11.4 Å². The lowest BCUT2D eigenvalue weighted by atomic mass is 10.2. The van der Waals surface area contributed by atoms with E-state index in [1.165, 1.54) is 0 Å². The second kappa shape index (κ2) is 8.36. The topological polar surface area (TPSA) is 70.2 Å². The molecule has 0 saturated heterocycles. The van der Waals surface area contributed by atoms with Gasteiger partial charge in [0.1, 0.15) is 0 Å². The first-order valence-electron chi connectivity index (χ1n) is 7.67. The number of carbonyl (C=O) groups is 2. The zero-order valence-electron chi connectivity index (χ0n) is 13.7. The van der Waals surface area contributed by atoms with Gasteiger partial charge in [0.25, 0.3) is 5.91 Å². The summed E-state index contributed by atoms with van der Waals surface area (Å²) in [6, 6.07) is 12.4. The molecule has 0 aliphatic heterocycles. The molecule has 126 valence electrons. The molecule has 2 aromatic carbocycles. The van der Waals surface area contributed by atoms with Crippen molar-refractivity contribution in [2.45, 2.75) is 13.8 Å². The Morgan fingerprint density at radius 2 is 1.88 bits per heavy atom. The molecule has 24 heavy (non-hydrogen) atoms. The molecule has 2 amide bonds. The molecule has 0 unspecified atom stereocenters. The van der Waals surface area contributed by atoms with Gasteiger partial charge in [-0.1, -0.05) is 23.7 Å². The zero-order valence-corrected chi connectivity index (χ0v) is 14.4. The van der Waals surface area contributed by atoms with E-state index in [-0.39, 0.29) is 18.4 Å². The number of hydrogen-bond donors (Lipinski definition) is 3. The van der Waals surface area contributed by atoms with Crippen molar-refractivity contribution < 1.29 is 9.59 Å². The summed E-state index contributed by atoms with van der Waals surface area (Å²) in [5.41, 5.74) is 2.85. The van der Waals surface area contributed by atoms with Crippen LogP contribution >= 0.6 is 11.6 Å². The molecule has 0 aliphatic rings. The first-order valence-corrected chi connectivity index (χ1v) is 8.05. The van der Waals surface area contributed by atoms with Gasteiger partial charge in [0.2, 0.25) is 5.91 Å². The molecule has 0 aromatic heterocycles. The molecule has 0 aliphatic carbocycles. The number of rotatable bonds is 6. The lowest BCUT2D eigenvalue weighted by Gasteiger charge is -2.10. The summed E-state index contributed by atoms with van der Waals surface area (Å²) in [5.74, 6) is -0.335. The third-order valence-electron chi connectivity index (χ3n) is 3.37. The summed E-state index contributed by atoms with van der Waals surface area (Å²) >= 11 is 6.04. The van der Waals surface area contributed by atoms with E-state index < -0.39 is 0 Å². The van der Waals surface area contributed by atoms with Crippen LogP contribution in [0.25, 0.3) is 0 Å². The van der Waals surface area contributed by atoms with Gasteiger partial charge in [-0.15, -0.1) is 0 Å². The van der Waals surface area contributed by atoms with Crippen LogP contribution in [-0.4, -0.2) is 24.9 Å². The van der Waals surface area contributed by atoms with E-state index >= 15 is 0 Å². The Labute approximate surface area is 146 Å². The molecule has 6 heteroatoms. The second-order valence-electron chi connectivity index (χ2n) is 5.31. The monoisotopic (exact) mass is 345 g/mol. The predicted molar refractivity (Wildman–Crippen MR) is 97.8 cm³/mol. The minimum absolute atomic E-state index is 0.0876. The summed E-state index contributed by atoms with van der Waals surface area (Å²) in [5, 5.41) is 9.12. The van der Waals surface area contributed by atoms with Gasteiger partial charge in [-0.25, -0.2) is 0 Å². The molecule has 0 saturated carbocycles. The molecular weight excluding hydrogens is 326 g/mol. The Morgan fingerprint density at radius 3 is 2.58 bits per heavy atom. The Kier molecular flexibility index (Phi) is 6.21. The van der Waals surface area contributed by atoms with Gasteiger partial charge in [0, 0.05) is 28.5 Å². The standard InChI is InChI=1S/C18H20ClN3O2/c1-3-20-18(24)13-5-4-6-14(9-13)21-11-17(23)22-15-8-7-12(2)16(19)10-15/h4-10,21H,3,11H2,1-2H3,(H,20,24)(H,22,23). The predicted octanol–water partition coefficient (Wildman–Crippen LogP) is 3.45. The Hall–Kier alpha value is -2.53. The number of hydrogen-bond acceptors (Lipinski definition) is 3. The average Bonchev–Trinajstić information content (AvgIpc) is 2.57. The van der Waals surface area contributed by atoms with Crippen molar-refractivity contribution in [3.05, 3.63) is 58.6 Å². The molecule has 2 aromatic rings. The van der Waals surface area contributed by atoms with Gasteiger partial charge in [-0.2, -0.15) is 0 Å². The first kappa shape index (κ1) is 17.8. The molecule has 0 fully saturated rings. The molecule has 0 atom stereocenters. The smallest absolute Gasteiger partial charge is 0.251 e. The molecule has 0 heterocycles. The van der Waals surface area contributed by atoms with Crippen molar-refractivity contribution in [3.63, 3.8) is 0 Å². The highest BCUT2D eigenvalue weighted by Crippen LogP contribution is 2.19.